The van der Waals surface area contributed by atoms with Gasteiger partial charge in [0.15, 0.2) is 0 Å². The van der Waals surface area contributed by atoms with Gasteiger partial charge in [-0.25, -0.2) is 4.79 Å². The van der Waals surface area contributed by atoms with Gasteiger partial charge in [-0.3, -0.25) is 0 Å². The highest BCUT2D eigenvalue weighted by Crippen LogP contribution is 2.39. The summed E-state index contributed by atoms with van der Waals surface area (Å²) in [6, 6.07) is 0.249. The first-order valence-corrected chi connectivity index (χ1v) is 7.01. The highest BCUT2D eigenvalue weighted by Gasteiger charge is 2.44. The molecule has 0 aromatic carbocycles. The van der Waals surface area contributed by atoms with Crippen LogP contribution in [0, 0.1) is 17.8 Å². The molecule has 1 aliphatic heterocycles. The number of rotatable bonds is 0. The van der Waals surface area contributed by atoms with E-state index in [1.54, 1.807) is 0 Å². The molecule has 2 aliphatic rings. The van der Waals surface area contributed by atoms with E-state index in [0.717, 1.165) is 19.5 Å². The third-order valence-electron chi connectivity index (χ3n) is 4.30. The number of fused-ring (bicyclic) bond motifs is 1. The van der Waals surface area contributed by atoms with Crippen LogP contribution in [0.25, 0.3) is 0 Å². The van der Waals surface area contributed by atoms with Crippen LogP contribution in [-0.2, 0) is 4.74 Å². The molecule has 0 unspecified atom stereocenters. The number of carbonyl (C=O) groups is 1. The molecule has 1 heterocycles. The van der Waals surface area contributed by atoms with Crippen LogP contribution >= 0.6 is 0 Å². The Morgan fingerprint density at radius 1 is 1.22 bits per heavy atom. The average molecular weight is 254 g/mol. The Kier molecular flexibility index (Phi) is 3.58. The molecule has 1 saturated heterocycles. The normalized spacial score (nSPS) is 36.4. The second-order valence-electron chi connectivity index (χ2n) is 6.93. The topological polar surface area (TPSA) is 55.6 Å². The lowest BCUT2D eigenvalue weighted by Gasteiger charge is -2.34. The lowest BCUT2D eigenvalue weighted by atomic mass is 9.72. The van der Waals surface area contributed by atoms with Gasteiger partial charge < -0.3 is 15.4 Å². The van der Waals surface area contributed by atoms with Crippen molar-refractivity contribution >= 4 is 6.09 Å². The van der Waals surface area contributed by atoms with E-state index in [1.165, 1.54) is 6.42 Å². The van der Waals surface area contributed by atoms with Gasteiger partial charge in [-0.15, -0.1) is 0 Å². The highest BCUT2D eigenvalue weighted by atomic mass is 16.6. The Hall–Kier alpha value is -0.770. The molecule has 1 saturated carbocycles. The first-order valence-electron chi connectivity index (χ1n) is 7.01. The van der Waals surface area contributed by atoms with Crippen molar-refractivity contribution in [3.8, 4) is 0 Å². The smallest absolute Gasteiger partial charge is 0.410 e. The summed E-state index contributed by atoms with van der Waals surface area (Å²) < 4.78 is 5.44. The van der Waals surface area contributed by atoms with E-state index in [1.807, 2.05) is 25.7 Å². The third kappa shape index (κ3) is 2.79. The van der Waals surface area contributed by atoms with E-state index >= 15 is 0 Å². The molecule has 2 N–H and O–H groups in total. The summed E-state index contributed by atoms with van der Waals surface area (Å²) in [6.45, 7) is 9.58. The molecule has 0 radical (unpaired) electrons. The lowest BCUT2D eigenvalue weighted by molar-refractivity contribution is 0.0282. The van der Waals surface area contributed by atoms with Crippen LogP contribution in [0.4, 0.5) is 4.79 Å². The van der Waals surface area contributed by atoms with Crippen LogP contribution in [0.3, 0.4) is 0 Å². The minimum Gasteiger partial charge on any atom is -0.444 e. The summed E-state index contributed by atoms with van der Waals surface area (Å²) in [5.74, 6) is 1.68. The molecule has 0 spiro atoms. The van der Waals surface area contributed by atoms with E-state index in [0.29, 0.717) is 17.8 Å². The Morgan fingerprint density at radius 2 is 1.83 bits per heavy atom. The zero-order valence-electron chi connectivity index (χ0n) is 12.0. The van der Waals surface area contributed by atoms with Gasteiger partial charge >= 0.3 is 6.09 Å². The predicted octanol–water partition coefficient (Wildman–Crippen LogP) is 2.23. The van der Waals surface area contributed by atoms with Gasteiger partial charge in [0.1, 0.15) is 5.60 Å². The van der Waals surface area contributed by atoms with Gasteiger partial charge in [0.05, 0.1) is 0 Å². The van der Waals surface area contributed by atoms with Crippen molar-refractivity contribution in [2.45, 2.75) is 52.2 Å². The standard InChI is InChI=1S/C14H26N2O2/c1-9-5-6-12(15)11-8-16(7-10(9)11)13(17)18-14(2,3)4/h9-12H,5-8,15H2,1-4H3/t9-,10-,11-,12+/m0/s1. The van der Waals surface area contributed by atoms with E-state index in [9.17, 15) is 4.79 Å². The number of nitrogens with two attached hydrogens (primary N) is 1. The zero-order chi connectivity index (χ0) is 13.5. The zero-order valence-corrected chi connectivity index (χ0v) is 12.0. The summed E-state index contributed by atoms with van der Waals surface area (Å²) in [5.41, 5.74) is 5.77. The fourth-order valence-corrected chi connectivity index (χ4v) is 3.27. The van der Waals surface area contributed by atoms with Crippen LogP contribution < -0.4 is 5.73 Å². The van der Waals surface area contributed by atoms with Gasteiger partial charge in [0.2, 0.25) is 0 Å². The molecule has 0 aromatic rings. The first-order chi connectivity index (χ1) is 8.28. The molecule has 4 atom stereocenters. The molecule has 18 heavy (non-hydrogen) atoms. The Balaban J connectivity index is 2.00. The molecular formula is C14H26N2O2. The number of nitrogens with zero attached hydrogens (tertiary/aromatic N) is 1. The van der Waals surface area contributed by atoms with E-state index < -0.39 is 5.60 Å². The lowest BCUT2D eigenvalue weighted by Crippen LogP contribution is -2.41. The Morgan fingerprint density at radius 3 is 2.39 bits per heavy atom. The quantitative estimate of drug-likeness (QED) is 0.721. The number of likely N-dealkylation sites (tertiary alicyclic amines) is 1. The van der Waals surface area contributed by atoms with Gasteiger partial charge in [-0.2, -0.15) is 0 Å². The van der Waals surface area contributed by atoms with Crippen LogP contribution in [0.5, 0.6) is 0 Å². The summed E-state index contributed by atoms with van der Waals surface area (Å²) in [4.78, 5) is 13.9. The van der Waals surface area contributed by atoms with Crippen LogP contribution in [0.1, 0.15) is 40.5 Å². The van der Waals surface area contributed by atoms with Crippen molar-refractivity contribution in [3.63, 3.8) is 0 Å². The molecule has 2 fully saturated rings. The van der Waals surface area contributed by atoms with Gasteiger partial charge in [0, 0.05) is 19.1 Å². The number of hydrogen-bond acceptors (Lipinski definition) is 3. The maximum atomic E-state index is 12.1. The average Bonchev–Trinajstić information content (AvgIpc) is 2.67. The van der Waals surface area contributed by atoms with Crippen molar-refractivity contribution in [1.29, 1.82) is 0 Å². The molecule has 0 aromatic heterocycles. The Labute approximate surface area is 110 Å². The van der Waals surface area contributed by atoms with Gasteiger partial charge in [-0.05, 0) is 51.4 Å². The minimum absolute atomic E-state index is 0.184. The Bertz CT molecular complexity index is 306. The second-order valence-corrected chi connectivity index (χ2v) is 6.93. The molecule has 4 nitrogen and oxygen atoms in total. The maximum absolute atomic E-state index is 12.1. The minimum atomic E-state index is -0.418. The third-order valence-corrected chi connectivity index (χ3v) is 4.30. The van der Waals surface area contributed by atoms with Crippen molar-refractivity contribution in [3.05, 3.63) is 0 Å². The predicted molar refractivity (Wildman–Crippen MR) is 71.2 cm³/mol. The van der Waals surface area contributed by atoms with Crippen LogP contribution in [-0.4, -0.2) is 35.7 Å². The fourth-order valence-electron chi connectivity index (χ4n) is 3.27. The number of carbonyl (C=O) groups excluding carboxylic acids is 1. The van der Waals surface area contributed by atoms with E-state index in [-0.39, 0.29) is 12.1 Å². The number of hydrogen-bond donors (Lipinski definition) is 1. The molecule has 1 amide bonds. The van der Waals surface area contributed by atoms with Crippen LogP contribution in [0.15, 0.2) is 0 Å². The molecular weight excluding hydrogens is 228 g/mol. The molecule has 4 heteroatoms. The molecule has 104 valence electrons. The second kappa shape index (κ2) is 4.72. The maximum Gasteiger partial charge on any atom is 0.410 e. The number of amides is 1. The summed E-state index contributed by atoms with van der Waals surface area (Å²) in [7, 11) is 0. The van der Waals surface area contributed by atoms with Crippen molar-refractivity contribution < 1.29 is 9.53 Å². The van der Waals surface area contributed by atoms with E-state index in [4.69, 9.17) is 10.5 Å². The fraction of sp³-hybridized carbons (Fsp3) is 0.929. The summed E-state index contributed by atoms with van der Waals surface area (Å²) >= 11 is 0. The SMILES string of the molecule is C[C@H]1CC[C@@H](N)[C@H]2CN(C(=O)OC(C)(C)C)C[C@H]21. The van der Waals surface area contributed by atoms with Crippen LogP contribution in [0.2, 0.25) is 0 Å². The van der Waals surface area contributed by atoms with Gasteiger partial charge in [0.25, 0.3) is 0 Å². The monoisotopic (exact) mass is 254 g/mol. The molecule has 0 bridgehead atoms. The van der Waals surface area contributed by atoms with Crippen molar-refractivity contribution in [1.82, 2.24) is 4.90 Å². The first kappa shape index (κ1) is 13.7. The highest BCUT2D eigenvalue weighted by molar-refractivity contribution is 5.68. The summed E-state index contributed by atoms with van der Waals surface area (Å²) in [6.07, 6.45) is 2.09. The van der Waals surface area contributed by atoms with Gasteiger partial charge in [-0.1, -0.05) is 6.92 Å². The summed E-state index contributed by atoms with van der Waals surface area (Å²) in [5, 5.41) is 0. The molecule has 1 aliphatic carbocycles. The van der Waals surface area contributed by atoms with Crippen molar-refractivity contribution in [2.24, 2.45) is 23.5 Å². The van der Waals surface area contributed by atoms with Crippen molar-refractivity contribution in [2.75, 3.05) is 13.1 Å². The largest absolute Gasteiger partial charge is 0.444 e. The van der Waals surface area contributed by atoms with E-state index in [2.05, 4.69) is 6.92 Å². The molecule has 2 rings (SSSR count). The number of ether oxygens (including phenoxy) is 1.